The van der Waals surface area contributed by atoms with Crippen molar-refractivity contribution in [2.75, 3.05) is 20.3 Å². The minimum Gasteiger partial charge on any atom is -0.469 e. The summed E-state index contributed by atoms with van der Waals surface area (Å²) in [4.78, 5) is 24.3. The number of esters is 1. The second-order valence-electron chi connectivity index (χ2n) is 5.71. The zero-order chi connectivity index (χ0) is 20.2. The summed E-state index contributed by atoms with van der Waals surface area (Å²) in [6.45, 7) is 4.75. The molecule has 0 fully saturated rings. The maximum atomic E-state index is 12.4. The molecule has 9 heteroatoms. The number of benzene rings is 1. The Kier molecular flexibility index (Phi) is 7.17. The summed E-state index contributed by atoms with van der Waals surface area (Å²) in [6, 6.07) is 5.00. The molecule has 1 heterocycles. The van der Waals surface area contributed by atoms with Crippen LogP contribution in [0.1, 0.15) is 37.8 Å². The van der Waals surface area contributed by atoms with Crippen molar-refractivity contribution >= 4 is 35.5 Å². The van der Waals surface area contributed by atoms with Crippen LogP contribution < -0.4 is 10.1 Å². The van der Waals surface area contributed by atoms with E-state index in [2.05, 4.69) is 0 Å². The molecule has 1 aromatic heterocycles. The second-order valence-corrected chi connectivity index (χ2v) is 8.64. The van der Waals surface area contributed by atoms with Gasteiger partial charge in [-0.2, -0.15) is 0 Å². The molecule has 0 radical (unpaired) electrons. The zero-order valence-electron chi connectivity index (χ0n) is 15.9. The molecule has 0 spiro atoms. The molecular weight excluding hydrogens is 391 g/mol. The maximum Gasteiger partial charge on any atom is 0.380 e. The van der Waals surface area contributed by atoms with Gasteiger partial charge in [-0.3, -0.25) is 13.8 Å². The predicted molar refractivity (Wildman–Crippen MR) is 106 cm³/mol. The molecule has 2 aromatic rings. The monoisotopic (exact) mass is 414 g/mol. The van der Waals surface area contributed by atoms with Crippen LogP contribution in [0.3, 0.4) is 0 Å². The highest BCUT2D eigenvalue weighted by atomic mass is 32.5. The molecule has 0 N–H and O–H groups in total. The van der Waals surface area contributed by atoms with Crippen LogP contribution in [0.5, 0.6) is 5.75 Å². The van der Waals surface area contributed by atoms with Crippen LogP contribution in [0.4, 0.5) is 0 Å². The third-order valence-electron chi connectivity index (χ3n) is 3.96. The molecule has 1 aromatic carbocycles. The summed E-state index contributed by atoms with van der Waals surface area (Å²) in [5.41, 5.74) is 0.658. The quantitative estimate of drug-likeness (QED) is 0.363. The molecule has 2 rings (SSSR count). The topological polar surface area (TPSA) is 84.2 Å². The van der Waals surface area contributed by atoms with Gasteiger partial charge < -0.3 is 13.7 Å². The number of ether oxygens (including phenoxy) is 1. The second kappa shape index (κ2) is 8.97. The Hall–Kier alpha value is -1.73. The highest BCUT2D eigenvalue weighted by Crippen LogP contribution is 2.50. The van der Waals surface area contributed by atoms with Gasteiger partial charge in [-0.15, -0.1) is 0 Å². The number of carbonyl (C=O) groups excluding carboxylic acids is 1. The van der Waals surface area contributed by atoms with Crippen molar-refractivity contribution in [3.63, 3.8) is 0 Å². The first-order valence-electron chi connectivity index (χ1n) is 8.50. The van der Waals surface area contributed by atoms with Gasteiger partial charge in [0.1, 0.15) is 11.3 Å². The Labute approximate surface area is 162 Å². The summed E-state index contributed by atoms with van der Waals surface area (Å²) >= 11 is 5.35. The van der Waals surface area contributed by atoms with Crippen LogP contribution in [-0.2, 0) is 30.4 Å². The molecule has 0 saturated heterocycles. The van der Waals surface area contributed by atoms with Gasteiger partial charge in [0.25, 0.3) is 0 Å². The van der Waals surface area contributed by atoms with Crippen molar-refractivity contribution in [1.29, 1.82) is 0 Å². The summed E-state index contributed by atoms with van der Waals surface area (Å²) in [6.07, 6.45) is 0. The van der Waals surface area contributed by atoms with Crippen LogP contribution in [-0.4, -0.2) is 26.3 Å². The van der Waals surface area contributed by atoms with E-state index in [9.17, 15) is 9.59 Å². The summed E-state index contributed by atoms with van der Waals surface area (Å²) in [7, 11) is 1.28. The Balaban J connectivity index is 2.49. The summed E-state index contributed by atoms with van der Waals surface area (Å²) in [5.74, 6) is -0.850. The zero-order valence-corrected chi connectivity index (χ0v) is 17.6. The fraction of sp³-hybridized carbons (Fsp3) is 0.444. The molecular formula is C18H23O7PS. The molecule has 1 unspecified atom stereocenters. The number of fused-ring (bicyclic) bond motifs is 1. The van der Waals surface area contributed by atoms with E-state index in [-0.39, 0.29) is 5.56 Å². The van der Waals surface area contributed by atoms with Crippen LogP contribution in [0.2, 0.25) is 0 Å². The van der Waals surface area contributed by atoms with Gasteiger partial charge in [0.05, 0.1) is 31.8 Å². The number of hydrogen-bond donors (Lipinski definition) is 0. The van der Waals surface area contributed by atoms with Crippen LogP contribution in [0.25, 0.3) is 11.0 Å². The van der Waals surface area contributed by atoms with Gasteiger partial charge in [-0.25, -0.2) is 4.79 Å². The van der Waals surface area contributed by atoms with E-state index in [0.29, 0.717) is 35.5 Å². The Morgan fingerprint density at radius 2 is 1.89 bits per heavy atom. The third-order valence-corrected chi connectivity index (χ3v) is 6.40. The van der Waals surface area contributed by atoms with E-state index >= 15 is 0 Å². The highest BCUT2D eigenvalue weighted by Gasteiger charge is 2.25. The van der Waals surface area contributed by atoms with Crippen LogP contribution in [0, 0.1) is 6.92 Å². The first-order chi connectivity index (χ1) is 12.8. The number of aryl methyl sites for hydroxylation is 1. The smallest absolute Gasteiger partial charge is 0.380 e. The molecule has 0 bridgehead atoms. The van der Waals surface area contributed by atoms with Gasteiger partial charge in [0.2, 0.25) is 0 Å². The fourth-order valence-electron chi connectivity index (χ4n) is 2.74. The summed E-state index contributed by atoms with van der Waals surface area (Å²) < 4.78 is 26.8. The number of hydrogen-bond acceptors (Lipinski definition) is 8. The number of carbonyl (C=O) groups is 1. The van der Waals surface area contributed by atoms with Crippen molar-refractivity contribution in [2.24, 2.45) is 0 Å². The van der Waals surface area contributed by atoms with Gasteiger partial charge in [0.15, 0.2) is 0 Å². The molecule has 148 valence electrons. The molecule has 0 amide bonds. The first kappa shape index (κ1) is 21.6. The number of methoxy groups -OCH3 is 1. The van der Waals surface area contributed by atoms with Crippen molar-refractivity contribution in [3.05, 3.63) is 39.7 Å². The fourth-order valence-corrected chi connectivity index (χ4v) is 4.81. The lowest BCUT2D eigenvalue weighted by molar-refractivity contribution is -0.142. The van der Waals surface area contributed by atoms with Gasteiger partial charge in [0, 0.05) is 23.3 Å². The molecule has 1 atom stereocenters. The average molecular weight is 414 g/mol. The van der Waals surface area contributed by atoms with Gasteiger partial charge in [-0.1, -0.05) is 0 Å². The minimum absolute atomic E-state index is 0.275. The molecule has 27 heavy (non-hydrogen) atoms. The van der Waals surface area contributed by atoms with E-state index < -0.39 is 24.2 Å². The van der Waals surface area contributed by atoms with E-state index in [1.54, 1.807) is 45.9 Å². The normalized spacial score (nSPS) is 12.8. The maximum absolute atomic E-state index is 12.4. The highest BCUT2D eigenvalue weighted by molar-refractivity contribution is 8.07. The number of rotatable bonds is 8. The molecule has 0 aliphatic rings. The first-order valence-corrected chi connectivity index (χ1v) is 11.1. The van der Waals surface area contributed by atoms with Crippen molar-refractivity contribution < 1.29 is 27.5 Å². The minimum atomic E-state index is -2.93. The Morgan fingerprint density at radius 1 is 1.26 bits per heavy atom. The van der Waals surface area contributed by atoms with E-state index in [4.69, 9.17) is 34.5 Å². The molecule has 0 aliphatic heterocycles. The van der Waals surface area contributed by atoms with Crippen molar-refractivity contribution in [1.82, 2.24) is 0 Å². The van der Waals surface area contributed by atoms with E-state index in [1.165, 1.54) is 7.11 Å². The van der Waals surface area contributed by atoms with E-state index in [1.807, 2.05) is 0 Å². The lowest BCUT2D eigenvalue weighted by Crippen LogP contribution is -2.20. The van der Waals surface area contributed by atoms with Crippen LogP contribution in [0.15, 0.2) is 27.4 Å². The Bertz CT molecular complexity index is 927. The Morgan fingerprint density at radius 3 is 2.44 bits per heavy atom. The van der Waals surface area contributed by atoms with Crippen LogP contribution >= 0.6 is 6.72 Å². The third kappa shape index (κ3) is 4.76. The summed E-state index contributed by atoms with van der Waals surface area (Å²) in [5, 5.41) is 0.689. The average Bonchev–Trinajstić information content (AvgIpc) is 2.60. The lowest BCUT2D eigenvalue weighted by atomic mass is 9.96. The molecule has 7 nitrogen and oxygen atoms in total. The standard InChI is InChI=1S/C18H23O7PS/c1-6-22-26(27,23-7-2)25-13-8-9-14-11(3)16(12(4)17(19)21-5)18(20)24-15(14)10-13/h8-10,12H,6-7H2,1-5H3. The molecule has 0 aliphatic carbocycles. The van der Waals surface area contributed by atoms with Gasteiger partial charge in [-0.05, 0) is 45.4 Å². The predicted octanol–water partition coefficient (Wildman–Crippen LogP) is 4.05. The van der Waals surface area contributed by atoms with Crippen molar-refractivity contribution in [3.8, 4) is 5.75 Å². The van der Waals surface area contributed by atoms with Gasteiger partial charge >= 0.3 is 18.3 Å². The molecule has 0 saturated carbocycles. The largest absolute Gasteiger partial charge is 0.469 e. The lowest BCUT2D eigenvalue weighted by Gasteiger charge is -2.21. The van der Waals surface area contributed by atoms with Crippen molar-refractivity contribution in [2.45, 2.75) is 33.6 Å². The SMILES string of the molecule is CCOP(=S)(OCC)Oc1ccc2c(C)c(C(C)C(=O)OC)c(=O)oc2c1. The van der Waals surface area contributed by atoms with E-state index in [0.717, 1.165) is 0 Å².